The first-order valence-electron chi connectivity index (χ1n) is 8.26. The van der Waals surface area contributed by atoms with Gasteiger partial charge >= 0.3 is 6.18 Å². The SMILES string of the molecule is O=C(NC1CC1)[C@H]1CCCN(S(=O)(=O)c2ccc(Cl)cc2C(F)(F)F)C1. The molecule has 1 heterocycles. The Balaban J connectivity index is 1.86. The molecule has 5 nitrogen and oxygen atoms in total. The van der Waals surface area contributed by atoms with Crippen LogP contribution in [0, 0.1) is 5.92 Å². The second-order valence-corrected chi connectivity index (χ2v) is 8.97. The molecule has 26 heavy (non-hydrogen) atoms. The van der Waals surface area contributed by atoms with Gasteiger partial charge in [-0.25, -0.2) is 8.42 Å². The average molecular weight is 411 g/mol. The monoisotopic (exact) mass is 410 g/mol. The Morgan fingerprint density at radius 1 is 1.23 bits per heavy atom. The van der Waals surface area contributed by atoms with Crippen molar-refractivity contribution in [2.45, 2.75) is 42.8 Å². The topological polar surface area (TPSA) is 66.5 Å². The first-order chi connectivity index (χ1) is 12.1. The highest BCUT2D eigenvalue weighted by Gasteiger charge is 2.41. The van der Waals surface area contributed by atoms with E-state index in [4.69, 9.17) is 11.6 Å². The van der Waals surface area contributed by atoms with E-state index >= 15 is 0 Å². The molecule has 1 amide bonds. The van der Waals surface area contributed by atoms with E-state index in [2.05, 4.69) is 5.32 Å². The Bertz CT molecular complexity index is 809. The maximum atomic E-state index is 13.3. The van der Waals surface area contributed by atoms with Crippen LogP contribution < -0.4 is 5.32 Å². The number of hydrogen-bond acceptors (Lipinski definition) is 3. The van der Waals surface area contributed by atoms with Gasteiger partial charge in [-0.15, -0.1) is 0 Å². The summed E-state index contributed by atoms with van der Waals surface area (Å²) in [5.74, 6) is -0.791. The van der Waals surface area contributed by atoms with Gasteiger partial charge in [0.1, 0.15) is 0 Å². The molecule has 1 saturated heterocycles. The fourth-order valence-corrected chi connectivity index (χ4v) is 4.90. The summed E-state index contributed by atoms with van der Waals surface area (Å²) in [5.41, 5.74) is -1.30. The molecule has 1 aliphatic heterocycles. The number of nitrogens with zero attached hydrogens (tertiary/aromatic N) is 1. The molecule has 1 N–H and O–H groups in total. The van der Waals surface area contributed by atoms with E-state index < -0.39 is 32.6 Å². The van der Waals surface area contributed by atoms with Crippen molar-refractivity contribution in [1.29, 1.82) is 0 Å². The fourth-order valence-electron chi connectivity index (χ4n) is 3.01. The summed E-state index contributed by atoms with van der Waals surface area (Å²) in [7, 11) is -4.40. The molecule has 0 bridgehead atoms. The van der Waals surface area contributed by atoms with Crippen LogP contribution in [0.3, 0.4) is 0 Å². The summed E-state index contributed by atoms with van der Waals surface area (Å²) in [6, 6.07) is 2.73. The van der Waals surface area contributed by atoms with Gasteiger partial charge in [-0.1, -0.05) is 11.6 Å². The number of sulfonamides is 1. The number of benzene rings is 1. The van der Waals surface area contributed by atoms with Gasteiger partial charge in [-0.2, -0.15) is 17.5 Å². The minimum absolute atomic E-state index is 0.0788. The fraction of sp³-hybridized carbons (Fsp3) is 0.562. The highest BCUT2D eigenvalue weighted by atomic mass is 35.5. The van der Waals surface area contributed by atoms with Crippen LogP contribution >= 0.6 is 11.6 Å². The maximum Gasteiger partial charge on any atom is 0.417 e. The molecule has 0 unspecified atom stereocenters. The van der Waals surface area contributed by atoms with Crippen LogP contribution in [0.2, 0.25) is 5.02 Å². The lowest BCUT2D eigenvalue weighted by Gasteiger charge is -2.32. The highest BCUT2D eigenvalue weighted by molar-refractivity contribution is 7.89. The largest absolute Gasteiger partial charge is 0.417 e. The molecule has 10 heteroatoms. The number of carbonyl (C=O) groups excluding carboxylic acids is 1. The summed E-state index contributed by atoms with van der Waals surface area (Å²) in [4.78, 5) is 11.4. The van der Waals surface area contributed by atoms with Crippen molar-refractivity contribution in [2.24, 2.45) is 5.92 Å². The van der Waals surface area contributed by atoms with Crippen molar-refractivity contribution in [3.05, 3.63) is 28.8 Å². The second-order valence-electron chi connectivity index (χ2n) is 6.62. The van der Waals surface area contributed by atoms with E-state index in [1.807, 2.05) is 0 Å². The van der Waals surface area contributed by atoms with Gasteiger partial charge in [0.05, 0.1) is 16.4 Å². The normalized spacial score (nSPS) is 22.2. The van der Waals surface area contributed by atoms with Crippen molar-refractivity contribution in [1.82, 2.24) is 9.62 Å². The average Bonchev–Trinajstić information content (AvgIpc) is 3.38. The van der Waals surface area contributed by atoms with Gasteiger partial charge in [-0.05, 0) is 43.9 Å². The Morgan fingerprint density at radius 3 is 2.54 bits per heavy atom. The first kappa shape index (κ1) is 19.4. The van der Waals surface area contributed by atoms with Crippen LogP contribution in [0.4, 0.5) is 13.2 Å². The maximum absolute atomic E-state index is 13.3. The number of amides is 1. The Hall–Kier alpha value is -1.32. The quantitative estimate of drug-likeness (QED) is 0.829. The van der Waals surface area contributed by atoms with E-state index in [1.54, 1.807) is 0 Å². The highest BCUT2D eigenvalue weighted by Crippen LogP contribution is 2.37. The number of piperidine rings is 1. The summed E-state index contributed by atoms with van der Waals surface area (Å²) in [6.07, 6.45) is -2.12. The molecule has 2 fully saturated rings. The number of carbonyl (C=O) groups is 1. The molecular formula is C16H18ClF3N2O3S. The molecule has 1 saturated carbocycles. The lowest BCUT2D eigenvalue weighted by Crippen LogP contribution is -2.46. The van der Waals surface area contributed by atoms with Crippen molar-refractivity contribution < 1.29 is 26.4 Å². The van der Waals surface area contributed by atoms with Gasteiger partial charge in [0.25, 0.3) is 0 Å². The molecule has 0 spiro atoms. The number of hydrogen-bond donors (Lipinski definition) is 1. The minimum Gasteiger partial charge on any atom is -0.353 e. The van der Waals surface area contributed by atoms with Gasteiger partial charge in [-0.3, -0.25) is 4.79 Å². The molecule has 3 rings (SSSR count). The third-order valence-corrected chi connectivity index (χ3v) is 6.70. The Morgan fingerprint density at radius 2 is 1.92 bits per heavy atom. The molecule has 2 aliphatic rings. The Labute approximate surface area is 154 Å². The van der Waals surface area contributed by atoms with Crippen molar-refractivity contribution in [2.75, 3.05) is 13.1 Å². The van der Waals surface area contributed by atoms with E-state index in [1.165, 1.54) is 0 Å². The zero-order valence-corrected chi connectivity index (χ0v) is 15.3. The van der Waals surface area contributed by atoms with Crippen LogP contribution in [0.5, 0.6) is 0 Å². The van der Waals surface area contributed by atoms with Crippen molar-refractivity contribution in [3.8, 4) is 0 Å². The zero-order chi connectivity index (χ0) is 19.1. The lowest BCUT2D eigenvalue weighted by atomic mass is 9.99. The molecular weight excluding hydrogens is 393 g/mol. The second kappa shape index (κ2) is 7.01. The van der Waals surface area contributed by atoms with E-state index in [0.717, 1.165) is 29.3 Å². The zero-order valence-electron chi connectivity index (χ0n) is 13.7. The minimum atomic E-state index is -4.86. The molecule has 1 aromatic rings. The molecule has 1 aliphatic carbocycles. The van der Waals surface area contributed by atoms with E-state index in [-0.39, 0.29) is 30.1 Å². The standard InChI is InChI=1S/C16H18ClF3N2O3S/c17-11-3-6-14(13(8-11)16(18,19)20)26(24,25)22-7-1-2-10(9-22)15(23)21-12-4-5-12/h3,6,8,10,12H,1-2,4-5,7,9H2,(H,21,23)/t10-/m0/s1. The number of alkyl halides is 3. The smallest absolute Gasteiger partial charge is 0.353 e. The summed E-state index contributed by atoms with van der Waals surface area (Å²) < 4.78 is 66.4. The van der Waals surface area contributed by atoms with E-state index in [9.17, 15) is 26.4 Å². The van der Waals surface area contributed by atoms with Crippen molar-refractivity contribution >= 4 is 27.5 Å². The first-order valence-corrected chi connectivity index (χ1v) is 10.1. The van der Waals surface area contributed by atoms with Crippen LogP contribution in [0.1, 0.15) is 31.2 Å². The Kier molecular flexibility index (Phi) is 5.24. The molecule has 144 valence electrons. The van der Waals surface area contributed by atoms with Crippen LogP contribution in [-0.2, 0) is 21.0 Å². The molecule has 1 aromatic carbocycles. The van der Waals surface area contributed by atoms with Gasteiger partial charge in [0.2, 0.25) is 15.9 Å². The summed E-state index contributed by atoms with van der Waals surface area (Å²) in [5, 5.41) is 2.62. The number of rotatable bonds is 4. The third-order valence-electron chi connectivity index (χ3n) is 4.54. The van der Waals surface area contributed by atoms with Crippen molar-refractivity contribution in [3.63, 3.8) is 0 Å². The van der Waals surface area contributed by atoms with Crippen LogP contribution in [-0.4, -0.2) is 37.8 Å². The van der Waals surface area contributed by atoms with E-state index in [0.29, 0.717) is 18.9 Å². The van der Waals surface area contributed by atoms with Crippen LogP contribution in [0.25, 0.3) is 0 Å². The third kappa shape index (κ3) is 4.15. The molecule has 0 radical (unpaired) electrons. The molecule has 1 atom stereocenters. The predicted octanol–water partition coefficient (Wildman–Crippen LogP) is 3.04. The number of nitrogens with one attached hydrogen (secondary N) is 1. The summed E-state index contributed by atoms with van der Waals surface area (Å²) >= 11 is 5.62. The van der Waals surface area contributed by atoms with Crippen LogP contribution in [0.15, 0.2) is 23.1 Å². The predicted molar refractivity (Wildman–Crippen MR) is 89.1 cm³/mol. The van der Waals surface area contributed by atoms with Gasteiger partial charge < -0.3 is 5.32 Å². The lowest BCUT2D eigenvalue weighted by molar-refractivity contribution is -0.140. The number of halogens is 4. The summed E-state index contributed by atoms with van der Waals surface area (Å²) in [6.45, 7) is -0.0454. The van der Waals surface area contributed by atoms with Gasteiger partial charge in [0.15, 0.2) is 0 Å². The van der Waals surface area contributed by atoms with Gasteiger partial charge in [0, 0.05) is 24.2 Å². The molecule has 0 aromatic heterocycles.